The molecule has 0 spiro atoms. The van der Waals surface area contributed by atoms with Gasteiger partial charge in [0, 0.05) is 16.0 Å². The number of halogens is 13. The van der Waals surface area contributed by atoms with Gasteiger partial charge in [0.1, 0.15) is 18.8 Å². The van der Waals surface area contributed by atoms with Crippen LogP contribution in [-0.2, 0) is 30.5 Å². The summed E-state index contributed by atoms with van der Waals surface area (Å²) in [5.74, 6) is -1.20. The van der Waals surface area contributed by atoms with Gasteiger partial charge in [-0.1, -0.05) is 205 Å². The Labute approximate surface area is 551 Å². The summed E-state index contributed by atoms with van der Waals surface area (Å²) in [5, 5.41) is 42.7. The van der Waals surface area contributed by atoms with E-state index in [-0.39, 0.29) is 25.4 Å². The van der Waals surface area contributed by atoms with Crippen LogP contribution in [0, 0.1) is 12.0 Å². The molecule has 0 unspecified atom stereocenters. The van der Waals surface area contributed by atoms with E-state index in [0.717, 1.165) is 61.8 Å². The third-order valence-corrected chi connectivity index (χ3v) is 16.5. The van der Waals surface area contributed by atoms with Gasteiger partial charge in [-0.15, -0.1) is 11.8 Å². The Hall–Kier alpha value is -5.12. The van der Waals surface area contributed by atoms with Gasteiger partial charge >= 0.3 is 23.9 Å². The lowest BCUT2D eigenvalue weighted by atomic mass is 10.0. The molecule has 0 aliphatic carbocycles. The van der Waals surface area contributed by atoms with Crippen molar-refractivity contribution < 1.29 is 49.1 Å². The summed E-state index contributed by atoms with van der Waals surface area (Å²) in [6, 6.07) is 43.0. The minimum atomic E-state index is -1.06. The molecule has 5 N–H and O–H groups in total. The van der Waals surface area contributed by atoms with Crippen molar-refractivity contribution in [1.29, 1.82) is 0 Å². The van der Waals surface area contributed by atoms with Crippen molar-refractivity contribution in [1.82, 2.24) is 0 Å². The number of anilines is 1. The second-order valence-electron chi connectivity index (χ2n) is 16.7. The normalized spacial score (nSPS) is 10.3. The van der Waals surface area contributed by atoms with Gasteiger partial charge in [0.15, 0.2) is 6.61 Å². The molecule has 25 heteroatoms. The lowest BCUT2D eigenvalue weighted by Crippen LogP contribution is -2.09. The summed E-state index contributed by atoms with van der Waals surface area (Å²) < 4.78 is 10.1. The van der Waals surface area contributed by atoms with Gasteiger partial charge in [0.25, 0.3) is 0 Å². The van der Waals surface area contributed by atoms with Crippen molar-refractivity contribution in [3.8, 4) is 62.2 Å². The van der Waals surface area contributed by atoms with Crippen molar-refractivity contribution in [2.24, 2.45) is 0 Å². The van der Waals surface area contributed by atoms with Gasteiger partial charge in [-0.25, -0.2) is 9.59 Å². The SMILES string of the molecule is O=C(O)CC#CNc1ccc(-c2ccc(Cl)c(Cl)c2)cc1Cl.O=C(O)COCc1ccc(-c2ccc(Cl)c(Cl)c2)cc1Cl.O=C(O)COc1ccc(-c2ccc(Cl)c(Cl)c2)cc1Cl.O=C(O)CSc1ccc(-c2cc(Cl)c(Cl)c(Cl)c2)cc1Cl. The van der Waals surface area contributed by atoms with Crippen molar-refractivity contribution in [3.05, 3.63) is 210 Å². The largest absolute Gasteiger partial charge is 0.481 e. The summed E-state index contributed by atoms with van der Waals surface area (Å²) in [4.78, 5) is 42.5. The van der Waals surface area contributed by atoms with E-state index in [0.29, 0.717) is 81.6 Å². The van der Waals surface area contributed by atoms with Gasteiger partial charge in [-0.2, -0.15) is 0 Å². The minimum absolute atomic E-state index is 0.0440. The highest BCUT2D eigenvalue weighted by molar-refractivity contribution is 8.00. The quantitative estimate of drug-likeness (QED) is 0.0268. The van der Waals surface area contributed by atoms with E-state index in [9.17, 15) is 19.2 Å². The number of rotatable bonds is 16. The number of hydrogen-bond acceptors (Lipinski definition) is 8. The summed E-state index contributed by atoms with van der Waals surface area (Å²) in [6.45, 7) is -0.649. The number of benzene rings is 8. The summed E-state index contributed by atoms with van der Waals surface area (Å²) >= 11 is 79.3. The number of aliphatic carboxylic acids is 4. The fourth-order valence-corrected chi connectivity index (χ4v) is 9.92. The molecule has 0 bridgehead atoms. The average molecular weight is 1410 g/mol. The number of thioether (sulfide) groups is 1. The third-order valence-electron chi connectivity index (χ3n) is 10.7. The van der Waals surface area contributed by atoms with Crippen LogP contribution in [0.3, 0.4) is 0 Å². The van der Waals surface area contributed by atoms with Crippen LogP contribution < -0.4 is 10.1 Å². The first-order valence-corrected chi connectivity index (χ1v) is 29.3. The molecule has 0 saturated heterocycles. The Morgan fingerprint density at radius 1 is 0.405 bits per heavy atom. The number of carboxylic acid groups (broad SMARTS) is 4. The van der Waals surface area contributed by atoms with E-state index in [1.54, 1.807) is 103 Å². The van der Waals surface area contributed by atoms with Crippen LogP contribution in [0.15, 0.2) is 144 Å². The highest BCUT2D eigenvalue weighted by atomic mass is 35.5. The predicted molar refractivity (Wildman–Crippen MR) is 345 cm³/mol. The maximum atomic E-state index is 10.6. The van der Waals surface area contributed by atoms with Crippen LogP contribution >= 0.6 is 163 Å². The fourth-order valence-electron chi connectivity index (χ4n) is 6.74. The number of hydrogen-bond donors (Lipinski definition) is 5. The lowest BCUT2D eigenvalue weighted by molar-refractivity contribution is -0.143. The van der Waals surface area contributed by atoms with Gasteiger partial charge in [-0.3, -0.25) is 9.59 Å². The van der Waals surface area contributed by atoms with E-state index in [1.165, 1.54) is 0 Å². The Kier molecular flexibility index (Phi) is 28.4. The van der Waals surface area contributed by atoms with Crippen LogP contribution in [0.2, 0.25) is 65.3 Å². The van der Waals surface area contributed by atoms with Crippen LogP contribution in [0.4, 0.5) is 5.69 Å². The molecule has 0 atom stereocenters. The number of ether oxygens (including phenoxy) is 2. The van der Waals surface area contributed by atoms with E-state index in [4.69, 9.17) is 181 Å². The van der Waals surface area contributed by atoms with Crippen molar-refractivity contribution in [2.45, 2.75) is 17.9 Å². The van der Waals surface area contributed by atoms with E-state index in [2.05, 4.69) is 17.3 Å². The molecule has 0 fully saturated rings. The van der Waals surface area contributed by atoms with Crippen molar-refractivity contribution in [2.75, 3.05) is 24.3 Å². The zero-order chi connectivity index (χ0) is 61.8. The summed E-state index contributed by atoms with van der Waals surface area (Å²) in [5.41, 5.74) is 8.16. The first kappa shape index (κ1) is 69.6. The molecule has 8 aromatic carbocycles. The monoisotopic (exact) mass is 1410 g/mol. The van der Waals surface area contributed by atoms with E-state index < -0.39 is 30.5 Å². The zero-order valence-electron chi connectivity index (χ0n) is 42.4. The van der Waals surface area contributed by atoms with Crippen molar-refractivity contribution >= 4 is 192 Å². The number of carboxylic acids is 4. The highest BCUT2D eigenvalue weighted by Gasteiger charge is 2.13. The topological polar surface area (TPSA) is 180 Å². The lowest BCUT2D eigenvalue weighted by Gasteiger charge is -2.08. The molecular formula is C59H38Cl13NO10S. The van der Waals surface area contributed by atoms with Gasteiger partial charge in [0.2, 0.25) is 0 Å². The smallest absolute Gasteiger partial charge is 0.341 e. The minimum Gasteiger partial charge on any atom is -0.481 e. The zero-order valence-corrected chi connectivity index (χ0v) is 53.0. The molecule has 0 heterocycles. The Morgan fingerprint density at radius 2 is 0.821 bits per heavy atom. The molecule has 0 aliphatic rings. The Bertz CT molecular complexity index is 3760. The summed E-state index contributed by atoms with van der Waals surface area (Å²) in [6.07, 6.45) is -0.230. The van der Waals surface area contributed by atoms with Crippen LogP contribution in [0.5, 0.6) is 5.75 Å². The molecule has 84 heavy (non-hydrogen) atoms. The molecule has 0 amide bonds. The molecule has 0 aliphatic heterocycles. The molecular weight excluding hydrogens is 1380 g/mol. The molecule has 436 valence electrons. The maximum Gasteiger partial charge on any atom is 0.341 e. The highest BCUT2D eigenvalue weighted by Crippen LogP contribution is 2.39. The molecule has 11 nitrogen and oxygen atoms in total. The van der Waals surface area contributed by atoms with Crippen LogP contribution in [0.25, 0.3) is 44.5 Å². The van der Waals surface area contributed by atoms with Gasteiger partial charge in [0.05, 0.1) is 78.3 Å². The molecule has 8 rings (SSSR count). The molecule has 0 aromatic heterocycles. The van der Waals surface area contributed by atoms with Crippen molar-refractivity contribution in [3.63, 3.8) is 0 Å². The molecule has 0 saturated carbocycles. The first-order valence-electron chi connectivity index (χ1n) is 23.4. The predicted octanol–water partition coefficient (Wildman–Crippen LogP) is 21.0. The van der Waals surface area contributed by atoms with E-state index in [1.807, 2.05) is 36.4 Å². The summed E-state index contributed by atoms with van der Waals surface area (Å²) in [7, 11) is 0. The second-order valence-corrected chi connectivity index (χ2v) is 23.0. The second kappa shape index (κ2) is 34.3. The number of nitrogens with one attached hydrogen (secondary N) is 1. The standard InChI is InChI=1S/C16H10Cl3NO2.C15H11Cl3O3.C14H8Cl4O2S.C14H9Cl3O3/c17-12-5-3-10(8-13(12)18)11-4-6-15(14(19)9-11)20-7-1-2-16(21)22;16-12-4-3-10(6-14(12)18)9-1-2-11(13(17)5-9)7-21-8-15(19)20;15-9-3-7(1-2-12(9)21-6-13(19)20)8-4-10(16)14(18)11(17)5-8;15-10-3-1-8(5-11(10)16)9-2-4-13(12(17)6-9)20-7-14(18)19/h3-6,8-9,20H,2H2,(H,21,22);1-6H,7-8H2,(H,19,20);1-5H,6H2,(H,19,20);1-6H,7H2,(H,18,19). The average Bonchev–Trinajstić information content (AvgIpc) is 3.65. The van der Waals surface area contributed by atoms with Gasteiger partial charge < -0.3 is 35.2 Å². The van der Waals surface area contributed by atoms with Gasteiger partial charge in [-0.05, 0) is 141 Å². The van der Waals surface area contributed by atoms with Crippen LogP contribution in [-0.4, -0.2) is 63.3 Å². The Morgan fingerprint density at radius 3 is 1.26 bits per heavy atom. The fraction of sp³-hybridized carbons (Fsp3) is 0.0847. The number of carbonyl (C=O) groups is 4. The third kappa shape index (κ3) is 22.3. The molecule has 0 radical (unpaired) electrons. The first-order chi connectivity index (χ1) is 39.8. The Balaban J connectivity index is 0.000000205. The molecule has 8 aromatic rings. The maximum absolute atomic E-state index is 10.6. The van der Waals surface area contributed by atoms with E-state index >= 15 is 0 Å². The van der Waals surface area contributed by atoms with Crippen LogP contribution in [0.1, 0.15) is 12.0 Å².